The molecule has 0 unspecified atom stereocenters. The maximum atomic E-state index is 14.8. The molecule has 0 aliphatic carbocycles. The van der Waals surface area contributed by atoms with E-state index in [2.05, 4.69) is 21.3 Å². The van der Waals surface area contributed by atoms with Crippen molar-refractivity contribution in [2.24, 2.45) is 0 Å². The lowest BCUT2D eigenvalue weighted by Crippen LogP contribution is -2.30. The summed E-state index contributed by atoms with van der Waals surface area (Å²) in [6.07, 6.45) is 1.77. The number of benzene rings is 2. The fourth-order valence-electron chi connectivity index (χ4n) is 5.01. The van der Waals surface area contributed by atoms with Crippen molar-refractivity contribution in [3.05, 3.63) is 101 Å². The van der Waals surface area contributed by atoms with Crippen molar-refractivity contribution in [1.29, 1.82) is 0 Å². The van der Waals surface area contributed by atoms with Crippen LogP contribution in [0.5, 0.6) is 11.5 Å². The van der Waals surface area contributed by atoms with E-state index in [0.29, 0.717) is 22.3 Å². The second-order valence-electron chi connectivity index (χ2n) is 8.65. The average Bonchev–Trinajstić information content (AvgIpc) is 3.39. The molecular formula is C28H27FN4O2S. The summed E-state index contributed by atoms with van der Waals surface area (Å²) >= 11 is 5.88. The van der Waals surface area contributed by atoms with Crippen molar-refractivity contribution in [3.63, 3.8) is 0 Å². The molecule has 4 aromatic rings. The first-order valence-electron chi connectivity index (χ1n) is 11.6. The highest BCUT2D eigenvalue weighted by Crippen LogP contribution is 2.46. The Labute approximate surface area is 215 Å². The molecule has 1 aliphatic heterocycles. The van der Waals surface area contributed by atoms with E-state index in [1.165, 1.54) is 6.07 Å². The number of hydrogen-bond acceptors (Lipinski definition) is 4. The van der Waals surface area contributed by atoms with Crippen LogP contribution in [0.3, 0.4) is 0 Å². The van der Waals surface area contributed by atoms with Gasteiger partial charge in [-0.3, -0.25) is 4.98 Å². The number of nitrogens with zero attached hydrogens (tertiary/aromatic N) is 3. The third kappa shape index (κ3) is 3.97. The average molecular weight is 503 g/mol. The highest BCUT2D eigenvalue weighted by molar-refractivity contribution is 7.80. The van der Waals surface area contributed by atoms with Gasteiger partial charge in [-0.2, -0.15) is 0 Å². The molecule has 2 atom stereocenters. The van der Waals surface area contributed by atoms with Gasteiger partial charge in [0, 0.05) is 23.7 Å². The minimum Gasteiger partial charge on any atom is -0.497 e. The molecule has 1 N–H and O–H groups in total. The summed E-state index contributed by atoms with van der Waals surface area (Å²) in [6.45, 7) is 3.99. The molecule has 8 heteroatoms. The van der Waals surface area contributed by atoms with E-state index >= 15 is 0 Å². The third-order valence-electron chi connectivity index (χ3n) is 6.63. The van der Waals surface area contributed by atoms with Gasteiger partial charge in [0.05, 0.1) is 43.4 Å². The Kier molecular flexibility index (Phi) is 6.36. The second-order valence-corrected chi connectivity index (χ2v) is 9.03. The Morgan fingerprint density at radius 2 is 1.72 bits per heavy atom. The lowest BCUT2D eigenvalue weighted by molar-refractivity contribution is 0.394. The lowest BCUT2D eigenvalue weighted by Gasteiger charge is -2.29. The molecule has 1 fully saturated rings. The number of thiocarbonyl (C=S) groups is 1. The molecule has 0 radical (unpaired) electrons. The molecule has 2 aromatic heterocycles. The van der Waals surface area contributed by atoms with Crippen molar-refractivity contribution in [1.82, 2.24) is 14.9 Å². The summed E-state index contributed by atoms with van der Waals surface area (Å²) in [5, 5.41) is 4.03. The first-order valence-corrected chi connectivity index (χ1v) is 12.0. The molecule has 6 nitrogen and oxygen atoms in total. The number of aryl methyl sites for hydroxylation is 1. The highest BCUT2D eigenvalue weighted by atomic mass is 32.1. The summed E-state index contributed by atoms with van der Waals surface area (Å²) in [5.41, 5.74) is 5.02. The number of aromatic nitrogens is 2. The van der Waals surface area contributed by atoms with Crippen molar-refractivity contribution in [3.8, 4) is 17.2 Å². The third-order valence-corrected chi connectivity index (χ3v) is 6.94. The standard InChI is InChI=1S/C28H27FN4O2S/c1-17-15-20(18(2)32(17)23-11-6-5-9-21(23)29)27-26(22-10-7-8-14-30-22)31-28(36)33(27)24-13-12-19(34-3)16-25(24)35-4/h5-16,26-27H,1-4H3,(H,31,36)/t26-,27+/m0/s1. The van der Waals surface area contributed by atoms with Crippen LogP contribution in [0.15, 0.2) is 72.9 Å². The fourth-order valence-corrected chi connectivity index (χ4v) is 5.34. The number of halogens is 1. The van der Waals surface area contributed by atoms with E-state index in [0.717, 1.165) is 28.3 Å². The van der Waals surface area contributed by atoms with Gasteiger partial charge >= 0.3 is 0 Å². The van der Waals surface area contributed by atoms with Crippen LogP contribution in [0.1, 0.15) is 34.7 Å². The smallest absolute Gasteiger partial charge is 0.174 e. The first kappa shape index (κ1) is 23.8. The van der Waals surface area contributed by atoms with Gasteiger partial charge in [0.15, 0.2) is 5.11 Å². The Hall–Kier alpha value is -3.91. The van der Waals surface area contributed by atoms with Crippen molar-refractivity contribution in [2.75, 3.05) is 19.1 Å². The normalized spacial score (nSPS) is 17.2. The zero-order valence-corrected chi connectivity index (χ0v) is 21.3. The number of anilines is 1. The van der Waals surface area contributed by atoms with Gasteiger partial charge in [-0.05, 0) is 74.1 Å². The van der Waals surface area contributed by atoms with E-state index in [1.54, 1.807) is 32.5 Å². The summed E-state index contributed by atoms with van der Waals surface area (Å²) in [4.78, 5) is 6.69. The van der Waals surface area contributed by atoms with Crippen LogP contribution >= 0.6 is 12.2 Å². The summed E-state index contributed by atoms with van der Waals surface area (Å²) < 4.78 is 27.9. The molecule has 36 heavy (non-hydrogen) atoms. The van der Waals surface area contributed by atoms with Crippen LogP contribution in [0.4, 0.5) is 10.1 Å². The van der Waals surface area contributed by atoms with Crippen LogP contribution in [0.2, 0.25) is 0 Å². The van der Waals surface area contributed by atoms with E-state index in [4.69, 9.17) is 21.7 Å². The van der Waals surface area contributed by atoms with Gasteiger partial charge in [-0.25, -0.2) is 4.39 Å². The maximum absolute atomic E-state index is 14.8. The predicted octanol–water partition coefficient (Wildman–Crippen LogP) is 5.82. The Bertz CT molecular complexity index is 1420. The zero-order chi connectivity index (χ0) is 25.4. The number of nitrogens with one attached hydrogen (secondary N) is 1. The molecule has 0 bridgehead atoms. The molecule has 0 saturated carbocycles. The van der Waals surface area contributed by atoms with Gasteiger partial charge < -0.3 is 24.3 Å². The predicted molar refractivity (Wildman–Crippen MR) is 143 cm³/mol. The quantitative estimate of drug-likeness (QED) is 0.335. The molecule has 1 saturated heterocycles. The number of ether oxygens (including phenoxy) is 2. The Morgan fingerprint density at radius 3 is 2.42 bits per heavy atom. The van der Waals surface area contributed by atoms with Crippen molar-refractivity contribution < 1.29 is 13.9 Å². The van der Waals surface area contributed by atoms with E-state index in [-0.39, 0.29) is 17.9 Å². The highest BCUT2D eigenvalue weighted by Gasteiger charge is 2.43. The van der Waals surface area contributed by atoms with Gasteiger partial charge in [0.2, 0.25) is 0 Å². The lowest BCUT2D eigenvalue weighted by atomic mass is 9.96. The van der Waals surface area contributed by atoms with Crippen LogP contribution in [0, 0.1) is 19.7 Å². The molecule has 184 valence electrons. The number of para-hydroxylation sites is 1. The topological polar surface area (TPSA) is 51.5 Å². The molecule has 1 aliphatic rings. The first-order chi connectivity index (χ1) is 17.4. The Balaban J connectivity index is 1.71. The van der Waals surface area contributed by atoms with Gasteiger partial charge in [0.25, 0.3) is 0 Å². The van der Waals surface area contributed by atoms with Gasteiger partial charge in [-0.15, -0.1) is 0 Å². The molecule has 3 heterocycles. The Morgan fingerprint density at radius 1 is 0.944 bits per heavy atom. The molecule has 2 aromatic carbocycles. The molecule has 0 amide bonds. The molecule has 5 rings (SSSR count). The van der Waals surface area contributed by atoms with Crippen LogP contribution < -0.4 is 19.7 Å². The van der Waals surface area contributed by atoms with E-state index in [1.807, 2.05) is 60.9 Å². The van der Waals surface area contributed by atoms with Gasteiger partial charge in [-0.1, -0.05) is 18.2 Å². The largest absolute Gasteiger partial charge is 0.497 e. The van der Waals surface area contributed by atoms with Crippen LogP contribution in [-0.2, 0) is 0 Å². The zero-order valence-electron chi connectivity index (χ0n) is 20.5. The summed E-state index contributed by atoms with van der Waals surface area (Å²) in [6, 6.07) is 19.9. The van der Waals surface area contributed by atoms with Crippen molar-refractivity contribution in [2.45, 2.75) is 25.9 Å². The van der Waals surface area contributed by atoms with Crippen LogP contribution in [-0.4, -0.2) is 28.9 Å². The minimum atomic E-state index is -0.277. The maximum Gasteiger partial charge on any atom is 0.174 e. The number of pyridine rings is 1. The van der Waals surface area contributed by atoms with Crippen LogP contribution in [0.25, 0.3) is 5.69 Å². The second kappa shape index (κ2) is 9.62. The van der Waals surface area contributed by atoms with Gasteiger partial charge in [0.1, 0.15) is 17.3 Å². The monoisotopic (exact) mass is 502 g/mol. The minimum absolute atomic E-state index is 0.236. The molecule has 0 spiro atoms. The molecular weight excluding hydrogens is 475 g/mol. The fraction of sp³-hybridized carbons (Fsp3) is 0.214. The number of hydrogen-bond donors (Lipinski definition) is 1. The van der Waals surface area contributed by atoms with E-state index < -0.39 is 0 Å². The summed E-state index contributed by atoms with van der Waals surface area (Å²) in [5.74, 6) is 1.04. The SMILES string of the molecule is COc1ccc(N2C(=S)N[C@@H](c3ccccn3)[C@H]2c2cc(C)n(-c3ccccc3F)c2C)c(OC)c1. The number of methoxy groups -OCH3 is 2. The van der Waals surface area contributed by atoms with E-state index in [9.17, 15) is 4.39 Å². The number of rotatable bonds is 6. The van der Waals surface area contributed by atoms with Crippen molar-refractivity contribution >= 4 is 23.0 Å². The summed E-state index contributed by atoms with van der Waals surface area (Å²) in [7, 11) is 3.24.